The SMILES string of the molecule is COc1nc(N)c([N+](=O)[O-])cc1S. The molecule has 1 aromatic heterocycles. The van der Waals surface area contributed by atoms with Gasteiger partial charge in [0.1, 0.15) is 0 Å². The third-order valence-electron chi connectivity index (χ3n) is 1.37. The van der Waals surface area contributed by atoms with Gasteiger partial charge >= 0.3 is 5.69 Å². The van der Waals surface area contributed by atoms with E-state index in [-0.39, 0.29) is 22.3 Å². The minimum absolute atomic E-state index is 0.173. The molecule has 6 nitrogen and oxygen atoms in total. The Hall–Kier alpha value is -1.50. The predicted molar refractivity (Wildman–Crippen MR) is 49.1 cm³/mol. The number of methoxy groups -OCH3 is 1. The van der Waals surface area contributed by atoms with Crippen molar-refractivity contribution in [1.82, 2.24) is 4.98 Å². The maximum absolute atomic E-state index is 10.4. The third-order valence-corrected chi connectivity index (χ3v) is 1.69. The number of nitrogens with two attached hydrogens (primary N) is 1. The lowest BCUT2D eigenvalue weighted by Crippen LogP contribution is -2.00. The Labute approximate surface area is 79.3 Å². The normalized spacial score (nSPS) is 9.69. The van der Waals surface area contributed by atoms with E-state index in [0.29, 0.717) is 0 Å². The van der Waals surface area contributed by atoms with Crippen molar-refractivity contribution in [2.75, 3.05) is 12.8 Å². The van der Waals surface area contributed by atoms with Crippen LogP contribution in [0.5, 0.6) is 5.88 Å². The van der Waals surface area contributed by atoms with Crippen molar-refractivity contribution < 1.29 is 9.66 Å². The van der Waals surface area contributed by atoms with Gasteiger partial charge in [-0.15, -0.1) is 12.6 Å². The second kappa shape index (κ2) is 3.48. The molecule has 0 aliphatic rings. The zero-order valence-corrected chi connectivity index (χ0v) is 7.62. The summed E-state index contributed by atoms with van der Waals surface area (Å²) in [4.78, 5) is 13.7. The lowest BCUT2D eigenvalue weighted by molar-refractivity contribution is -0.384. The van der Waals surface area contributed by atoms with E-state index in [4.69, 9.17) is 10.5 Å². The summed E-state index contributed by atoms with van der Waals surface area (Å²) < 4.78 is 4.77. The molecule has 0 unspecified atom stereocenters. The van der Waals surface area contributed by atoms with Gasteiger partial charge in [-0.05, 0) is 0 Å². The van der Waals surface area contributed by atoms with Crippen LogP contribution in [0.2, 0.25) is 0 Å². The van der Waals surface area contributed by atoms with Gasteiger partial charge in [-0.25, -0.2) is 0 Å². The second-order valence-corrected chi connectivity index (χ2v) is 2.66. The van der Waals surface area contributed by atoms with Crippen molar-refractivity contribution >= 4 is 24.1 Å². The largest absolute Gasteiger partial charge is 0.480 e. The maximum Gasteiger partial charge on any atom is 0.312 e. The highest BCUT2D eigenvalue weighted by atomic mass is 32.1. The lowest BCUT2D eigenvalue weighted by atomic mass is 10.4. The smallest absolute Gasteiger partial charge is 0.312 e. The van der Waals surface area contributed by atoms with E-state index in [1.807, 2.05) is 0 Å². The first kappa shape index (κ1) is 9.59. The summed E-state index contributed by atoms with van der Waals surface area (Å²) in [5, 5.41) is 10.4. The van der Waals surface area contributed by atoms with Crippen LogP contribution in [0.4, 0.5) is 11.5 Å². The predicted octanol–water partition coefficient (Wildman–Crippen LogP) is 0.869. The number of aromatic nitrogens is 1. The second-order valence-electron chi connectivity index (χ2n) is 2.18. The molecular weight excluding hydrogens is 194 g/mol. The average Bonchev–Trinajstić information content (AvgIpc) is 2.07. The Bertz CT molecular complexity index is 355. The van der Waals surface area contributed by atoms with E-state index in [0.717, 1.165) is 0 Å². The molecule has 2 N–H and O–H groups in total. The number of anilines is 1. The van der Waals surface area contributed by atoms with Crippen LogP contribution >= 0.6 is 12.6 Å². The number of hydrogen-bond acceptors (Lipinski definition) is 6. The summed E-state index contributed by atoms with van der Waals surface area (Å²) in [6, 6.07) is 1.20. The van der Waals surface area contributed by atoms with Gasteiger partial charge in [0, 0.05) is 6.07 Å². The van der Waals surface area contributed by atoms with Crippen molar-refractivity contribution in [2.45, 2.75) is 4.90 Å². The van der Waals surface area contributed by atoms with E-state index >= 15 is 0 Å². The van der Waals surface area contributed by atoms with Crippen LogP contribution in [0.15, 0.2) is 11.0 Å². The molecule has 0 saturated heterocycles. The number of hydrogen-bond donors (Lipinski definition) is 2. The van der Waals surface area contributed by atoms with Crippen LogP contribution in [-0.2, 0) is 0 Å². The Morgan fingerprint density at radius 1 is 1.77 bits per heavy atom. The van der Waals surface area contributed by atoms with Crippen molar-refractivity contribution in [2.24, 2.45) is 0 Å². The number of nitrogen functional groups attached to an aromatic ring is 1. The highest BCUT2D eigenvalue weighted by molar-refractivity contribution is 7.80. The molecule has 0 fully saturated rings. The molecule has 0 amide bonds. The summed E-state index contributed by atoms with van der Waals surface area (Å²) in [6.45, 7) is 0. The first-order chi connectivity index (χ1) is 6.06. The zero-order chi connectivity index (χ0) is 10.0. The van der Waals surface area contributed by atoms with Crippen molar-refractivity contribution in [1.29, 1.82) is 0 Å². The molecule has 0 saturated carbocycles. The van der Waals surface area contributed by atoms with Crippen LogP contribution in [0, 0.1) is 10.1 Å². The molecule has 13 heavy (non-hydrogen) atoms. The molecule has 0 aliphatic heterocycles. The van der Waals surface area contributed by atoms with Gasteiger partial charge in [0.05, 0.1) is 16.9 Å². The van der Waals surface area contributed by atoms with Gasteiger partial charge in [0.2, 0.25) is 11.7 Å². The first-order valence-electron chi connectivity index (χ1n) is 3.24. The highest BCUT2D eigenvalue weighted by Gasteiger charge is 2.16. The van der Waals surface area contributed by atoms with E-state index < -0.39 is 4.92 Å². The molecule has 1 rings (SSSR count). The molecule has 0 spiro atoms. The monoisotopic (exact) mass is 201 g/mol. The van der Waals surface area contributed by atoms with Gasteiger partial charge in [-0.1, -0.05) is 0 Å². The minimum atomic E-state index is -0.624. The Morgan fingerprint density at radius 2 is 2.38 bits per heavy atom. The van der Waals surface area contributed by atoms with Crippen molar-refractivity contribution in [3.8, 4) is 5.88 Å². The van der Waals surface area contributed by atoms with Crippen LogP contribution in [0.25, 0.3) is 0 Å². The summed E-state index contributed by atoms with van der Waals surface area (Å²) >= 11 is 3.94. The third kappa shape index (κ3) is 1.81. The van der Waals surface area contributed by atoms with E-state index in [2.05, 4.69) is 17.6 Å². The number of thiol groups is 1. The van der Waals surface area contributed by atoms with Crippen molar-refractivity contribution in [3.05, 3.63) is 16.2 Å². The fourth-order valence-corrected chi connectivity index (χ4v) is 1.05. The molecule has 0 bridgehead atoms. The van der Waals surface area contributed by atoms with Gasteiger partial charge < -0.3 is 10.5 Å². The van der Waals surface area contributed by atoms with E-state index in [1.165, 1.54) is 13.2 Å². The molecule has 0 aromatic carbocycles. The fraction of sp³-hybridized carbons (Fsp3) is 0.167. The van der Waals surface area contributed by atoms with E-state index in [9.17, 15) is 10.1 Å². The first-order valence-corrected chi connectivity index (χ1v) is 3.69. The summed E-state index contributed by atoms with van der Waals surface area (Å²) in [5.74, 6) is -0.00826. The molecule has 7 heteroatoms. The highest BCUT2D eigenvalue weighted by Crippen LogP contribution is 2.28. The molecule has 0 radical (unpaired) electrons. The molecule has 0 aliphatic carbocycles. The number of pyridine rings is 1. The summed E-state index contributed by atoms with van der Waals surface area (Å²) in [7, 11) is 1.38. The molecule has 1 heterocycles. The Kier molecular flexibility index (Phi) is 2.57. The number of ether oxygens (including phenoxy) is 1. The van der Waals surface area contributed by atoms with Crippen LogP contribution in [0.3, 0.4) is 0 Å². The van der Waals surface area contributed by atoms with Gasteiger partial charge in [-0.3, -0.25) is 10.1 Å². The van der Waals surface area contributed by atoms with Gasteiger partial charge in [0.25, 0.3) is 0 Å². The maximum atomic E-state index is 10.4. The fourth-order valence-electron chi connectivity index (χ4n) is 0.786. The molecular formula is C6H7N3O3S. The van der Waals surface area contributed by atoms with Gasteiger partial charge in [-0.2, -0.15) is 4.98 Å². The standard InChI is InChI=1S/C6H7N3O3S/c1-12-6-4(13)2-3(9(10)11)5(7)8-6/h2,13H,1H3,(H2,7,8). The number of nitro groups is 1. The Morgan fingerprint density at radius 3 is 2.85 bits per heavy atom. The van der Waals surface area contributed by atoms with Gasteiger partial charge in [0.15, 0.2) is 0 Å². The quantitative estimate of drug-likeness (QED) is 0.421. The Balaban J connectivity index is 3.28. The number of rotatable bonds is 2. The zero-order valence-electron chi connectivity index (χ0n) is 6.72. The number of nitrogens with zero attached hydrogens (tertiary/aromatic N) is 2. The van der Waals surface area contributed by atoms with Crippen LogP contribution < -0.4 is 10.5 Å². The summed E-state index contributed by atoms with van der Waals surface area (Å²) in [6.07, 6.45) is 0. The minimum Gasteiger partial charge on any atom is -0.480 e. The topological polar surface area (TPSA) is 91.3 Å². The lowest BCUT2D eigenvalue weighted by Gasteiger charge is -2.03. The van der Waals surface area contributed by atoms with E-state index in [1.54, 1.807) is 0 Å². The molecule has 1 aromatic rings. The molecule has 0 atom stereocenters. The molecule has 70 valence electrons. The van der Waals surface area contributed by atoms with Crippen LogP contribution in [-0.4, -0.2) is 17.0 Å². The average molecular weight is 201 g/mol. The summed E-state index contributed by atoms with van der Waals surface area (Å²) in [5.41, 5.74) is 5.03. The van der Waals surface area contributed by atoms with Crippen molar-refractivity contribution in [3.63, 3.8) is 0 Å². The van der Waals surface area contributed by atoms with Crippen LogP contribution in [0.1, 0.15) is 0 Å².